The number of benzene rings is 2. The molecule has 2 rings (SSSR count). The van der Waals surface area contributed by atoms with Crippen LogP contribution < -0.4 is 14.8 Å². The standard InChI is InChI=1S/C21H25I3N2O3/c1-26(2)18(12-14-10-16(23)20(29-4)17(24)11-14)21(27)25-8-7-13-5-6-19(28-3)15(22)9-13/h5-6,9-11,18H,7-8,12H2,1-4H3,(H,25,27). The molecule has 158 valence electrons. The van der Waals surface area contributed by atoms with E-state index in [-0.39, 0.29) is 11.9 Å². The van der Waals surface area contributed by atoms with Gasteiger partial charge >= 0.3 is 0 Å². The summed E-state index contributed by atoms with van der Waals surface area (Å²) in [6.45, 7) is 0.600. The molecule has 1 atom stereocenters. The number of halogens is 3. The monoisotopic (exact) mass is 734 g/mol. The van der Waals surface area contributed by atoms with Crippen LogP contribution in [-0.4, -0.2) is 51.7 Å². The normalized spacial score (nSPS) is 12.0. The van der Waals surface area contributed by atoms with Crippen LogP contribution in [0.1, 0.15) is 11.1 Å². The summed E-state index contributed by atoms with van der Waals surface area (Å²) >= 11 is 6.82. The van der Waals surface area contributed by atoms with Gasteiger partial charge in [-0.3, -0.25) is 9.69 Å². The van der Waals surface area contributed by atoms with Crippen LogP contribution in [-0.2, 0) is 17.6 Å². The van der Waals surface area contributed by atoms with Gasteiger partial charge in [0.1, 0.15) is 11.5 Å². The molecule has 29 heavy (non-hydrogen) atoms. The van der Waals surface area contributed by atoms with Crippen molar-refractivity contribution < 1.29 is 14.3 Å². The third-order valence-electron chi connectivity index (χ3n) is 4.55. The maximum Gasteiger partial charge on any atom is 0.237 e. The van der Waals surface area contributed by atoms with Crippen LogP contribution in [0.3, 0.4) is 0 Å². The highest BCUT2D eigenvalue weighted by Crippen LogP contribution is 2.29. The fraction of sp³-hybridized carbons (Fsp3) is 0.381. The van der Waals surface area contributed by atoms with Gasteiger partial charge in [-0.25, -0.2) is 0 Å². The number of rotatable bonds is 9. The van der Waals surface area contributed by atoms with Gasteiger partial charge in [-0.1, -0.05) is 6.07 Å². The topological polar surface area (TPSA) is 50.8 Å². The van der Waals surface area contributed by atoms with Gasteiger partial charge < -0.3 is 14.8 Å². The van der Waals surface area contributed by atoms with Gasteiger partial charge in [0.2, 0.25) is 5.91 Å². The number of hydrogen-bond acceptors (Lipinski definition) is 4. The maximum atomic E-state index is 12.8. The van der Waals surface area contributed by atoms with E-state index in [0.29, 0.717) is 13.0 Å². The minimum atomic E-state index is -0.231. The third kappa shape index (κ3) is 7.10. The van der Waals surface area contributed by atoms with Crippen LogP contribution in [0.5, 0.6) is 11.5 Å². The molecule has 0 radical (unpaired) electrons. The molecule has 0 spiro atoms. The molecule has 0 aromatic heterocycles. The molecule has 2 aromatic carbocycles. The molecule has 0 aliphatic rings. The van der Waals surface area contributed by atoms with E-state index in [4.69, 9.17) is 9.47 Å². The SMILES string of the molecule is COc1ccc(CCNC(=O)C(Cc2cc(I)c(OC)c(I)c2)N(C)C)cc1I. The summed E-state index contributed by atoms with van der Waals surface area (Å²) in [7, 11) is 7.23. The molecule has 0 aliphatic heterocycles. The van der Waals surface area contributed by atoms with Gasteiger partial charge in [-0.05, 0) is 130 Å². The molecule has 0 saturated heterocycles. The molecule has 2 aromatic rings. The Hall–Kier alpha value is -0.340. The summed E-state index contributed by atoms with van der Waals surface area (Å²) in [5.41, 5.74) is 2.30. The van der Waals surface area contributed by atoms with E-state index in [1.165, 1.54) is 5.56 Å². The zero-order chi connectivity index (χ0) is 21.6. The molecule has 1 amide bonds. The van der Waals surface area contributed by atoms with E-state index in [0.717, 1.165) is 34.2 Å². The Balaban J connectivity index is 2.00. The van der Waals surface area contributed by atoms with Gasteiger partial charge in [0.15, 0.2) is 0 Å². The lowest BCUT2D eigenvalue weighted by molar-refractivity contribution is -0.125. The Bertz CT molecular complexity index is 836. The second-order valence-corrected chi connectivity index (χ2v) is 10.3. The summed E-state index contributed by atoms with van der Waals surface area (Å²) < 4.78 is 13.9. The lowest BCUT2D eigenvalue weighted by Crippen LogP contribution is -2.45. The van der Waals surface area contributed by atoms with Crippen LogP contribution in [0.2, 0.25) is 0 Å². The first-order valence-electron chi connectivity index (χ1n) is 9.05. The molecule has 1 unspecified atom stereocenters. The number of amides is 1. The van der Waals surface area contributed by atoms with Crippen LogP contribution >= 0.6 is 67.8 Å². The van der Waals surface area contributed by atoms with E-state index >= 15 is 0 Å². The molecular formula is C21H25I3N2O3. The number of nitrogens with one attached hydrogen (secondary N) is 1. The highest BCUT2D eigenvalue weighted by atomic mass is 127. The lowest BCUT2D eigenvalue weighted by atomic mass is 10.0. The van der Waals surface area contributed by atoms with Crippen LogP contribution in [0.4, 0.5) is 0 Å². The number of methoxy groups -OCH3 is 2. The molecule has 0 saturated carbocycles. The summed E-state index contributed by atoms with van der Waals surface area (Å²) in [5.74, 6) is 1.80. The summed E-state index contributed by atoms with van der Waals surface area (Å²) in [6, 6.07) is 10.0. The van der Waals surface area contributed by atoms with Crippen molar-refractivity contribution in [3.8, 4) is 11.5 Å². The van der Waals surface area contributed by atoms with Crippen LogP contribution in [0.15, 0.2) is 30.3 Å². The molecule has 0 fully saturated rings. The maximum absolute atomic E-state index is 12.8. The quantitative estimate of drug-likeness (QED) is 0.390. The molecule has 5 nitrogen and oxygen atoms in total. The summed E-state index contributed by atoms with van der Waals surface area (Å²) in [6.07, 6.45) is 1.43. The summed E-state index contributed by atoms with van der Waals surface area (Å²) in [5, 5.41) is 3.09. The van der Waals surface area contributed by atoms with Crippen molar-refractivity contribution in [1.82, 2.24) is 10.2 Å². The highest BCUT2D eigenvalue weighted by Gasteiger charge is 2.22. The molecular weight excluding hydrogens is 709 g/mol. The molecule has 0 bridgehead atoms. The average molecular weight is 734 g/mol. The van der Waals surface area contributed by atoms with Gasteiger partial charge in [0.25, 0.3) is 0 Å². The van der Waals surface area contributed by atoms with Crippen molar-refractivity contribution in [3.63, 3.8) is 0 Å². The fourth-order valence-corrected chi connectivity index (χ4v) is 6.11. The molecule has 0 aliphatic carbocycles. The predicted molar refractivity (Wildman–Crippen MR) is 142 cm³/mol. The number of nitrogens with zero attached hydrogens (tertiary/aromatic N) is 1. The number of ether oxygens (including phenoxy) is 2. The molecule has 0 heterocycles. The van der Waals surface area contributed by atoms with E-state index in [1.807, 2.05) is 31.1 Å². The van der Waals surface area contributed by atoms with Crippen LogP contribution in [0, 0.1) is 10.7 Å². The first-order valence-corrected chi connectivity index (χ1v) is 12.3. The predicted octanol–water partition coefficient (Wildman–Crippen LogP) is 4.35. The fourth-order valence-electron chi connectivity index (χ4n) is 2.97. The number of carbonyl (C=O) groups is 1. The average Bonchev–Trinajstić information content (AvgIpc) is 2.65. The first-order chi connectivity index (χ1) is 13.8. The summed E-state index contributed by atoms with van der Waals surface area (Å²) in [4.78, 5) is 14.8. The number of likely N-dealkylation sites (N-methyl/N-ethyl adjacent to an activating group) is 1. The van der Waals surface area contributed by atoms with Crippen molar-refractivity contribution >= 4 is 73.7 Å². The smallest absolute Gasteiger partial charge is 0.237 e. The van der Waals surface area contributed by atoms with Gasteiger partial charge in [-0.2, -0.15) is 0 Å². The Morgan fingerprint density at radius 2 is 1.62 bits per heavy atom. The second kappa shape index (κ2) is 11.9. The van der Waals surface area contributed by atoms with Crippen molar-refractivity contribution in [2.24, 2.45) is 0 Å². The van der Waals surface area contributed by atoms with E-state index in [2.05, 4.69) is 91.3 Å². The zero-order valence-electron chi connectivity index (χ0n) is 16.9. The minimum Gasteiger partial charge on any atom is -0.496 e. The molecule has 1 N–H and O–H groups in total. The van der Waals surface area contributed by atoms with Gasteiger partial charge in [0, 0.05) is 6.54 Å². The van der Waals surface area contributed by atoms with Crippen molar-refractivity contribution in [2.45, 2.75) is 18.9 Å². The number of carbonyl (C=O) groups excluding carboxylic acids is 1. The Kier molecular flexibility index (Phi) is 10.2. The Morgan fingerprint density at radius 1 is 1.00 bits per heavy atom. The molecule has 8 heteroatoms. The van der Waals surface area contributed by atoms with Crippen molar-refractivity contribution in [2.75, 3.05) is 34.9 Å². The van der Waals surface area contributed by atoms with Crippen molar-refractivity contribution in [3.05, 3.63) is 52.2 Å². The van der Waals surface area contributed by atoms with Crippen LogP contribution in [0.25, 0.3) is 0 Å². The van der Waals surface area contributed by atoms with E-state index < -0.39 is 0 Å². The Labute approximate surface area is 213 Å². The number of hydrogen-bond donors (Lipinski definition) is 1. The van der Waals surface area contributed by atoms with Gasteiger partial charge in [0.05, 0.1) is 31.0 Å². The zero-order valence-corrected chi connectivity index (χ0v) is 23.4. The van der Waals surface area contributed by atoms with E-state index in [1.54, 1.807) is 14.2 Å². The lowest BCUT2D eigenvalue weighted by Gasteiger charge is -2.24. The third-order valence-corrected chi connectivity index (χ3v) is 6.99. The van der Waals surface area contributed by atoms with E-state index in [9.17, 15) is 4.79 Å². The second-order valence-electron chi connectivity index (χ2n) is 6.79. The van der Waals surface area contributed by atoms with Gasteiger partial charge in [-0.15, -0.1) is 0 Å². The largest absolute Gasteiger partial charge is 0.496 e. The first kappa shape index (κ1) is 24.9. The highest BCUT2D eigenvalue weighted by molar-refractivity contribution is 14.1. The Morgan fingerprint density at radius 3 is 2.14 bits per heavy atom. The van der Waals surface area contributed by atoms with Crippen molar-refractivity contribution in [1.29, 1.82) is 0 Å². The minimum absolute atomic E-state index is 0.0408.